The van der Waals surface area contributed by atoms with Gasteiger partial charge in [0, 0.05) is 23.0 Å². The molecule has 156 valence electrons. The first-order valence-electron chi connectivity index (χ1n) is 10.9. The van der Waals surface area contributed by atoms with Gasteiger partial charge in [-0.25, -0.2) is 4.98 Å². The molecule has 0 saturated heterocycles. The van der Waals surface area contributed by atoms with E-state index in [1.165, 1.54) is 30.4 Å². The molecule has 0 spiro atoms. The molecule has 1 fully saturated rings. The van der Waals surface area contributed by atoms with E-state index in [1.807, 2.05) is 18.4 Å². The zero-order chi connectivity index (χ0) is 20.9. The molecule has 1 aliphatic carbocycles. The highest BCUT2D eigenvalue weighted by Gasteiger charge is 2.36. The van der Waals surface area contributed by atoms with E-state index in [0.717, 1.165) is 35.5 Å². The minimum absolute atomic E-state index is 0.0866. The highest BCUT2D eigenvalue weighted by molar-refractivity contribution is 5.63. The van der Waals surface area contributed by atoms with Crippen molar-refractivity contribution < 1.29 is 0 Å². The number of aromatic nitrogens is 2. The molecule has 0 radical (unpaired) electrons. The van der Waals surface area contributed by atoms with E-state index in [2.05, 4.69) is 55.7 Å². The normalized spacial score (nSPS) is 25.2. The van der Waals surface area contributed by atoms with Crippen LogP contribution in [0.2, 0.25) is 0 Å². The summed E-state index contributed by atoms with van der Waals surface area (Å²) in [6.45, 7) is 14.3. The zero-order valence-electron chi connectivity index (χ0n) is 18.7. The van der Waals surface area contributed by atoms with Crippen molar-refractivity contribution >= 4 is 11.6 Å². The second-order valence-electron chi connectivity index (χ2n) is 9.28. The lowest BCUT2D eigenvalue weighted by atomic mass is 9.77. The molecular weight excluding hydrogens is 360 g/mol. The summed E-state index contributed by atoms with van der Waals surface area (Å²) in [5.41, 5.74) is 5.27. The van der Waals surface area contributed by atoms with Gasteiger partial charge in [0.05, 0.1) is 13.3 Å². The zero-order valence-corrected chi connectivity index (χ0v) is 18.7. The van der Waals surface area contributed by atoms with Crippen LogP contribution in [-0.4, -0.2) is 27.2 Å². The van der Waals surface area contributed by atoms with E-state index in [1.54, 1.807) is 0 Å². The Morgan fingerprint density at radius 2 is 1.79 bits per heavy atom. The second kappa shape index (κ2) is 7.60. The third kappa shape index (κ3) is 3.50. The number of fused-ring (bicyclic) bond motifs is 1. The lowest BCUT2D eigenvalue weighted by molar-refractivity contribution is 0.0491. The fraction of sp³-hybridized carbons (Fsp3) is 0.583. The van der Waals surface area contributed by atoms with Gasteiger partial charge in [-0.1, -0.05) is 44.4 Å². The van der Waals surface area contributed by atoms with Crippen molar-refractivity contribution in [1.29, 1.82) is 0 Å². The second-order valence-corrected chi connectivity index (χ2v) is 9.28. The monoisotopic (exact) mass is 394 g/mol. The maximum Gasteiger partial charge on any atom is 0.259 e. The van der Waals surface area contributed by atoms with Crippen LogP contribution in [0.15, 0.2) is 23.0 Å². The molecule has 2 heterocycles. The molecule has 5 nitrogen and oxygen atoms in total. The van der Waals surface area contributed by atoms with Gasteiger partial charge in [-0.2, -0.15) is 0 Å². The van der Waals surface area contributed by atoms with Crippen molar-refractivity contribution in [3.05, 3.63) is 50.9 Å². The average Bonchev–Trinajstić information content (AvgIpc) is 2.68. The summed E-state index contributed by atoms with van der Waals surface area (Å²) in [4.78, 5) is 22.8. The smallest absolute Gasteiger partial charge is 0.259 e. The fourth-order valence-electron chi connectivity index (χ4n) is 5.12. The summed E-state index contributed by atoms with van der Waals surface area (Å²) in [6, 6.07) is 7.03. The molecule has 29 heavy (non-hydrogen) atoms. The van der Waals surface area contributed by atoms with Crippen LogP contribution in [-0.2, 0) is 6.67 Å². The van der Waals surface area contributed by atoms with Gasteiger partial charge in [-0.15, -0.1) is 0 Å². The summed E-state index contributed by atoms with van der Waals surface area (Å²) in [6.07, 6.45) is 3.78. The molecule has 0 amide bonds. The van der Waals surface area contributed by atoms with Crippen LogP contribution in [0.3, 0.4) is 0 Å². The van der Waals surface area contributed by atoms with Gasteiger partial charge in [0.15, 0.2) is 0 Å². The lowest BCUT2D eigenvalue weighted by Crippen LogP contribution is -2.54. The number of anilines is 2. The Morgan fingerprint density at radius 3 is 2.52 bits per heavy atom. The van der Waals surface area contributed by atoms with Crippen LogP contribution in [0, 0.1) is 39.5 Å². The van der Waals surface area contributed by atoms with Crippen LogP contribution in [0.5, 0.6) is 0 Å². The van der Waals surface area contributed by atoms with Crippen LogP contribution >= 0.6 is 0 Å². The Balaban J connectivity index is 1.83. The van der Waals surface area contributed by atoms with Gasteiger partial charge in [0.2, 0.25) is 5.95 Å². The summed E-state index contributed by atoms with van der Waals surface area (Å²) in [5, 5.41) is 0. The highest BCUT2D eigenvalue weighted by atomic mass is 16.1. The molecule has 1 aromatic carbocycles. The molecule has 4 rings (SSSR count). The molecule has 1 aliphatic heterocycles. The first-order valence-corrected chi connectivity index (χ1v) is 10.9. The van der Waals surface area contributed by atoms with E-state index in [0.29, 0.717) is 18.6 Å². The summed E-state index contributed by atoms with van der Waals surface area (Å²) in [7, 11) is 0. The van der Waals surface area contributed by atoms with Crippen molar-refractivity contribution in [1.82, 2.24) is 14.5 Å². The van der Waals surface area contributed by atoms with Gasteiger partial charge in [-0.3, -0.25) is 19.2 Å². The number of nitrogens with zero attached hydrogens (tertiary/aromatic N) is 4. The number of benzene rings is 1. The maximum absolute atomic E-state index is 13.2. The van der Waals surface area contributed by atoms with E-state index in [4.69, 9.17) is 4.98 Å². The van der Waals surface area contributed by atoms with Gasteiger partial charge in [-0.05, 0) is 57.6 Å². The molecule has 2 aliphatic rings. The number of hydrogen-bond acceptors (Lipinski definition) is 4. The first kappa shape index (κ1) is 20.1. The topological polar surface area (TPSA) is 41.4 Å². The van der Waals surface area contributed by atoms with Crippen molar-refractivity contribution in [2.45, 2.75) is 73.5 Å². The molecule has 1 saturated carbocycles. The van der Waals surface area contributed by atoms with Gasteiger partial charge < -0.3 is 0 Å². The van der Waals surface area contributed by atoms with Crippen molar-refractivity contribution in [3.63, 3.8) is 0 Å². The fourth-order valence-corrected chi connectivity index (χ4v) is 5.12. The molecule has 5 heteroatoms. The van der Waals surface area contributed by atoms with E-state index in [9.17, 15) is 4.79 Å². The molecule has 2 aromatic rings. The lowest BCUT2D eigenvalue weighted by Gasteiger charge is -2.47. The van der Waals surface area contributed by atoms with E-state index < -0.39 is 0 Å². The van der Waals surface area contributed by atoms with Crippen LogP contribution in [0.4, 0.5) is 11.6 Å². The Kier molecular flexibility index (Phi) is 5.28. The third-order valence-corrected chi connectivity index (χ3v) is 7.28. The van der Waals surface area contributed by atoms with Gasteiger partial charge >= 0.3 is 0 Å². The summed E-state index contributed by atoms with van der Waals surface area (Å²) < 4.78 is 1.89. The van der Waals surface area contributed by atoms with Crippen LogP contribution in [0.25, 0.3) is 0 Å². The molecule has 0 N–H and O–H groups in total. The predicted octanol–water partition coefficient (Wildman–Crippen LogP) is 4.67. The summed E-state index contributed by atoms with van der Waals surface area (Å²) in [5.74, 6) is 2.12. The third-order valence-electron chi connectivity index (χ3n) is 7.28. The van der Waals surface area contributed by atoms with E-state index >= 15 is 0 Å². The molecule has 0 bridgehead atoms. The molecular formula is C24H34N4O. The van der Waals surface area contributed by atoms with Crippen LogP contribution < -0.4 is 10.5 Å². The van der Waals surface area contributed by atoms with Crippen molar-refractivity contribution in [2.75, 3.05) is 11.6 Å². The Morgan fingerprint density at radius 1 is 1.03 bits per heavy atom. The Labute approximate surface area is 174 Å². The van der Waals surface area contributed by atoms with Crippen molar-refractivity contribution in [2.24, 2.45) is 11.8 Å². The van der Waals surface area contributed by atoms with E-state index in [-0.39, 0.29) is 5.56 Å². The quantitative estimate of drug-likeness (QED) is 0.742. The van der Waals surface area contributed by atoms with Gasteiger partial charge in [0.1, 0.15) is 0 Å². The number of rotatable bonds is 2. The summed E-state index contributed by atoms with van der Waals surface area (Å²) >= 11 is 0. The SMILES string of the molecule is Cc1ccc(N2CN(C3CCCC(C)C3C)Cn3c2nc(C)c(C)c3=O)c(C)c1. The highest BCUT2D eigenvalue weighted by Crippen LogP contribution is 2.37. The standard InChI is InChI=1S/C24H34N4O/c1-15-10-11-21(17(3)12-15)27-13-26(22-9-7-8-16(2)18(22)4)14-28-23(29)19(5)20(6)25-24(27)28/h10-12,16,18,22H,7-9,13-14H2,1-6H3. The number of aryl methyl sites for hydroxylation is 3. The average molecular weight is 395 g/mol. The maximum atomic E-state index is 13.2. The Bertz CT molecular complexity index is 980. The first-order chi connectivity index (χ1) is 13.8. The van der Waals surface area contributed by atoms with Gasteiger partial charge in [0.25, 0.3) is 5.56 Å². The van der Waals surface area contributed by atoms with Crippen LogP contribution in [0.1, 0.15) is 55.5 Å². The predicted molar refractivity (Wildman–Crippen MR) is 119 cm³/mol. The minimum Gasteiger partial charge on any atom is -0.298 e. The van der Waals surface area contributed by atoms with Crippen molar-refractivity contribution in [3.8, 4) is 0 Å². The molecule has 1 aromatic heterocycles. The number of hydrogen-bond donors (Lipinski definition) is 0. The largest absolute Gasteiger partial charge is 0.298 e. The molecule has 3 unspecified atom stereocenters. The molecule has 3 atom stereocenters. The minimum atomic E-state index is 0.0866. The Hall–Kier alpha value is -2.14.